The molecule has 2 unspecified atom stereocenters. The number of ether oxygens (including phenoxy) is 1. The molecule has 0 saturated carbocycles. The molecule has 63 heavy (non-hydrogen) atoms. The van der Waals surface area contributed by atoms with E-state index in [9.17, 15) is 30.0 Å². The van der Waals surface area contributed by atoms with Crippen molar-refractivity contribution in [3.05, 3.63) is 129 Å². The van der Waals surface area contributed by atoms with Crippen molar-refractivity contribution in [1.82, 2.24) is 19.9 Å². The van der Waals surface area contributed by atoms with Crippen LogP contribution in [-0.2, 0) is 16.0 Å². The van der Waals surface area contributed by atoms with Gasteiger partial charge in [0.1, 0.15) is 11.5 Å². The maximum Gasteiger partial charge on any atom is 0.311 e. The van der Waals surface area contributed by atoms with E-state index in [4.69, 9.17) is 14.7 Å². The molecule has 6 N–H and O–H groups in total. The number of H-pyrrole nitrogens is 2. The molecular weight excluding hydrogens is 793 g/mol. The predicted molar refractivity (Wildman–Crippen MR) is 251 cm³/mol. The van der Waals surface area contributed by atoms with E-state index in [1.807, 2.05) is 88.4 Å². The fourth-order valence-electron chi connectivity index (χ4n) is 9.06. The lowest BCUT2D eigenvalue weighted by Gasteiger charge is -2.15. The van der Waals surface area contributed by atoms with Gasteiger partial charge in [-0.3, -0.25) is 9.59 Å². The summed E-state index contributed by atoms with van der Waals surface area (Å²) in [5.41, 5.74) is 16.3. The van der Waals surface area contributed by atoms with Crippen LogP contribution in [0, 0.1) is 13.8 Å². The number of hydrogen-bond acceptors (Lipinski definition) is 8. The number of hydrogen-bond donors (Lipinski definition) is 6. The highest BCUT2D eigenvalue weighted by Gasteiger charge is 2.24. The highest BCUT2D eigenvalue weighted by atomic mass is 16.5. The summed E-state index contributed by atoms with van der Waals surface area (Å²) in [5.74, 6) is -0.649. The van der Waals surface area contributed by atoms with Crippen molar-refractivity contribution in [2.75, 3.05) is 0 Å². The molecule has 5 aromatic rings. The molecule has 0 fully saturated rings. The maximum atomic E-state index is 13.6. The monoisotopic (exact) mass is 848 g/mol. The van der Waals surface area contributed by atoms with Crippen LogP contribution in [0.4, 0.5) is 0 Å². The molecule has 7 rings (SSSR count). The molecular formula is C52H56N4O7. The highest BCUT2D eigenvalue weighted by molar-refractivity contribution is 5.96. The van der Waals surface area contributed by atoms with Crippen LogP contribution in [0.5, 0.6) is 11.5 Å². The number of allylic oxidation sites excluding steroid dienone is 5. The third-order valence-electron chi connectivity index (χ3n) is 12.4. The van der Waals surface area contributed by atoms with Gasteiger partial charge in [-0.15, -0.1) is 0 Å². The zero-order chi connectivity index (χ0) is 45.3. The molecule has 8 bridgehead atoms. The molecule has 0 amide bonds. The summed E-state index contributed by atoms with van der Waals surface area (Å²) in [6.07, 6.45) is 0.592. The van der Waals surface area contributed by atoms with Gasteiger partial charge >= 0.3 is 11.9 Å². The Morgan fingerprint density at radius 1 is 0.651 bits per heavy atom. The number of phenolic OH excluding ortho intramolecular Hbond substituents is 1. The number of carboxylic acid groups (broad SMARTS) is 1. The minimum Gasteiger partial charge on any atom is -0.508 e. The van der Waals surface area contributed by atoms with Gasteiger partial charge in [-0.25, -0.2) is 9.97 Å². The average molecular weight is 849 g/mol. The fourth-order valence-corrected chi connectivity index (χ4v) is 9.06. The molecule has 11 nitrogen and oxygen atoms in total. The molecule has 2 aromatic carbocycles. The Morgan fingerprint density at radius 2 is 1.19 bits per heavy atom. The van der Waals surface area contributed by atoms with Crippen LogP contribution in [-0.4, -0.2) is 58.4 Å². The lowest BCUT2D eigenvalue weighted by molar-refractivity contribution is -0.137. The lowest BCUT2D eigenvalue weighted by Crippen LogP contribution is -2.09. The number of aliphatic carboxylic acids is 1. The van der Waals surface area contributed by atoms with Crippen molar-refractivity contribution in [2.45, 2.75) is 106 Å². The Kier molecular flexibility index (Phi) is 13.0. The number of aliphatic hydroxyl groups excluding tert-OH is 2. The minimum absolute atomic E-state index is 0.0750. The Morgan fingerprint density at radius 3 is 1.79 bits per heavy atom. The van der Waals surface area contributed by atoms with E-state index in [0.717, 1.165) is 74.0 Å². The van der Waals surface area contributed by atoms with Crippen molar-refractivity contribution < 1.29 is 34.8 Å². The van der Waals surface area contributed by atoms with Gasteiger partial charge in [0.25, 0.3) is 0 Å². The molecule has 3 aromatic heterocycles. The van der Waals surface area contributed by atoms with Crippen LogP contribution in [0.1, 0.15) is 136 Å². The average Bonchev–Trinajstić information content (AvgIpc) is 3.91. The number of nitrogens with one attached hydrogen (secondary N) is 2. The van der Waals surface area contributed by atoms with Gasteiger partial charge in [-0.1, -0.05) is 38.1 Å². The first-order chi connectivity index (χ1) is 30.1. The van der Waals surface area contributed by atoms with Crippen molar-refractivity contribution in [3.63, 3.8) is 0 Å². The number of aryl methyl sites for hydroxylation is 3. The van der Waals surface area contributed by atoms with Crippen LogP contribution in [0.3, 0.4) is 0 Å². The summed E-state index contributed by atoms with van der Waals surface area (Å²) in [5, 5.41) is 41.5. The van der Waals surface area contributed by atoms with Gasteiger partial charge in [-0.2, -0.15) is 0 Å². The van der Waals surface area contributed by atoms with Crippen LogP contribution in [0.15, 0.2) is 72.8 Å². The molecule has 2 aliphatic rings. The number of aromatic hydroxyl groups is 1. The maximum absolute atomic E-state index is 13.6. The molecule has 0 saturated heterocycles. The first-order valence-corrected chi connectivity index (χ1v) is 21.6. The summed E-state index contributed by atoms with van der Waals surface area (Å²) >= 11 is 0. The van der Waals surface area contributed by atoms with E-state index in [-0.39, 0.29) is 25.0 Å². The lowest BCUT2D eigenvalue weighted by atomic mass is 9.91. The number of carbonyl (C=O) groups excluding carboxylic acids is 1. The van der Waals surface area contributed by atoms with Gasteiger partial charge in [0.2, 0.25) is 0 Å². The van der Waals surface area contributed by atoms with Gasteiger partial charge in [0.15, 0.2) is 0 Å². The number of aromatic amines is 2. The van der Waals surface area contributed by atoms with E-state index in [0.29, 0.717) is 51.6 Å². The van der Waals surface area contributed by atoms with Crippen molar-refractivity contribution in [2.24, 2.45) is 0 Å². The van der Waals surface area contributed by atoms with E-state index in [1.54, 1.807) is 26.0 Å². The SMILES string of the molecule is CCC(=C(CC)c1ccc(OC(=O)CCc2c(C)c3cc4nc(cc5[nH]c(cc6nc(cc2[nH]3)C(CCC(=O)O)=C6C)c(C)c5C(C)O)C(C)=C4C(C)O)cc1)c1ccc(O)cc1. The van der Waals surface area contributed by atoms with Crippen molar-refractivity contribution in [1.29, 1.82) is 0 Å². The number of fused-ring (bicyclic) bond motifs is 8. The Balaban J connectivity index is 1.30. The molecule has 326 valence electrons. The van der Waals surface area contributed by atoms with Gasteiger partial charge in [0, 0.05) is 39.6 Å². The smallest absolute Gasteiger partial charge is 0.311 e. The quantitative estimate of drug-likeness (QED) is 0.0382. The van der Waals surface area contributed by atoms with E-state index in [1.165, 1.54) is 11.1 Å². The molecule has 0 spiro atoms. The third kappa shape index (κ3) is 9.16. The summed E-state index contributed by atoms with van der Waals surface area (Å²) in [4.78, 5) is 42.5. The molecule has 0 aliphatic carbocycles. The minimum atomic E-state index is -0.915. The van der Waals surface area contributed by atoms with E-state index >= 15 is 0 Å². The summed E-state index contributed by atoms with van der Waals surface area (Å²) in [6.45, 7) is 15.5. The van der Waals surface area contributed by atoms with Gasteiger partial charge in [-0.05, 0) is 171 Å². The number of carboxylic acids is 1. The van der Waals surface area contributed by atoms with Crippen molar-refractivity contribution in [3.8, 4) is 11.5 Å². The van der Waals surface area contributed by atoms with Crippen LogP contribution >= 0.6 is 0 Å². The first kappa shape index (κ1) is 44.5. The zero-order valence-corrected chi connectivity index (χ0v) is 37.2. The van der Waals surface area contributed by atoms with E-state index in [2.05, 4.69) is 23.8 Å². The fraction of sp³-hybridized carbons (Fsp3) is 0.308. The number of aliphatic hydroxyl groups is 2. The number of nitrogens with zero attached hydrogens (tertiary/aromatic N) is 2. The Bertz CT molecular complexity index is 2870. The van der Waals surface area contributed by atoms with E-state index < -0.39 is 24.1 Å². The van der Waals surface area contributed by atoms with Crippen LogP contribution < -0.4 is 4.74 Å². The number of rotatable bonds is 13. The number of carbonyl (C=O) groups is 2. The number of aromatic nitrogens is 4. The molecule has 2 aliphatic heterocycles. The molecule has 2 atom stereocenters. The number of phenols is 1. The number of esters is 1. The summed E-state index contributed by atoms with van der Waals surface area (Å²) in [7, 11) is 0. The second-order valence-corrected chi connectivity index (χ2v) is 16.5. The molecule has 11 heteroatoms. The van der Waals surface area contributed by atoms with Gasteiger partial charge < -0.3 is 35.1 Å². The van der Waals surface area contributed by atoms with Gasteiger partial charge in [0.05, 0.1) is 41.4 Å². The second-order valence-electron chi connectivity index (χ2n) is 16.5. The first-order valence-electron chi connectivity index (χ1n) is 21.6. The van der Waals surface area contributed by atoms with Crippen LogP contribution in [0.2, 0.25) is 0 Å². The standard InChI is InChI=1S/C52H56N4O7/c1-9-37(33-11-15-35(59)16-12-33)38(10-2)34-13-17-36(18-14-34)63-50(62)22-20-40-28(4)42-24-47-52(32(8)58)30(6)44(56-47)25-48-51(31(7)57)29(5)43(55-48)23-41-27(3)39(19-21-49(60)61)45(53-41)26-46(40)54-42/h11-18,23-26,31-32,54-55,57-59H,9-10,19-22H2,1-8H3,(H,60,61). The summed E-state index contributed by atoms with van der Waals surface area (Å²) < 4.78 is 5.89. The predicted octanol–water partition coefficient (Wildman–Crippen LogP) is 11.1. The Labute approximate surface area is 367 Å². The largest absolute Gasteiger partial charge is 0.508 e. The zero-order valence-electron chi connectivity index (χ0n) is 37.2. The highest BCUT2D eigenvalue weighted by Crippen LogP contribution is 2.38. The van der Waals surface area contributed by atoms with Crippen LogP contribution in [0.25, 0.3) is 55.5 Å². The third-order valence-corrected chi connectivity index (χ3v) is 12.4. The second kappa shape index (κ2) is 18.4. The molecule has 5 heterocycles. The number of benzene rings is 2. The Hall–Kier alpha value is -6.56. The normalized spacial score (nSPS) is 14.2. The topological polar surface area (TPSA) is 182 Å². The summed E-state index contributed by atoms with van der Waals surface area (Å²) in [6, 6.07) is 22.5. The van der Waals surface area contributed by atoms with Crippen molar-refractivity contribution >= 4 is 67.4 Å². The molecule has 0 radical (unpaired) electrons.